The molecule has 0 aliphatic carbocycles. The molecular formula is C27H24FNO2. The predicted molar refractivity (Wildman–Crippen MR) is 122 cm³/mol. The predicted octanol–water partition coefficient (Wildman–Crippen LogP) is 6.54. The number of fused-ring (bicyclic) bond motifs is 1. The zero-order valence-electron chi connectivity index (χ0n) is 17.5. The van der Waals surface area contributed by atoms with E-state index in [1.54, 1.807) is 19.2 Å². The first kappa shape index (κ1) is 19.6. The normalized spacial score (nSPS) is 14.6. The van der Waals surface area contributed by atoms with Gasteiger partial charge in [0.1, 0.15) is 11.6 Å². The summed E-state index contributed by atoms with van der Waals surface area (Å²) >= 11 is 0. The van der Waals surface area contributed by atoms with E-state index in [-0.39, 0.29) is 5.82 Å². The summed E-state index contributed by atoms with van der Waals surface area (Å²) in [4.78, 5) is 2.44. The van der Waals surface area contributed by atoms with Gasteiger partial charge in [-0.15, -0.1) is 0 Å². The molecule has 4 aromatic rings. The number of ether oxygens (including phenoxy) is 1. The maximum absolute atomic E-state index is 13.3. The highest BCUT2D eigenvalue weighted by molar-refractivity contribution is 5.88. The lowest BCUT2D eigenvalue weighted by Gasteiger charge is -2.26. The average molecular weight is 413 g/mol. The van der Waals surface area contributed by atoms with Crippen molar-refractivity contribution in [2.75, 3.05) is 20.2 Å². The molecule has 0 radical (unpaired) electrons. The minimum Gasteiger partial charge on any atom is -0.493 e. The molecule has 4 heteroatoms. The molecule has 0 spiro atoms. The first-order chi connectivity index (χ1) is 15.2. The van der Waals surface area contributed by atoms with Gasteiger partial charge in [-0.25, -0.2) is 4.39 Å². The fraction of sp³-hybridized carbons (Fsp3) is 0.185. The Morgan fingerprint density at radius 3 is 2.48 bits per heavy atom. The standard InChI is InChI=1S/C27H24FNO2/c1-30-26-16-19(18-29-13-11-21(12-14-29)20-5-3-2-4-6-20)15-23-17-25(31-27(23)26)22-7-9-24(28)10-8-22/h2-11,15-17H,12-14,18H2,1H3. The Balaban J connectivity index is 1.38. The van der Waals surface area contributed by atoms with Crippen LogP contribution in [0.1, 0.15) is 17.5 Å². The van der Waals surface area contributed by atoms with Crippen molar-refractivity contribution in [3.63, 3.8) is 0 Å². The zero-order chi connectivity index (χ0) is 21.2. The van der Waals surface area contributed by atoms with Crippen LogP contribution in [0.2, 0.25) is 0 Å². The third kappa shape index (κ3) is 4.12. The van der Waals surface area contributed by atoms with Crippen LogP contribution in [0.4, 0.5) is 4.39 Å². The second kappa shape index (κ2) is 8.40. The van der Waals surface area contributed by atoms with Gasteiger partial charge in [0.25, 0.3) is 0 Å². The summed E-state index contributed by atoms with van der Waals surface area (Å²) in [5, 5.41) is 0.992. The van der Waals surface area contributed by atoms with Gasteiger partial charge in [0.05, 0.1) is 7.11 Å². The SMILES string of the molecule is COc1cc(CN2CC=C(c3ccccc3)CC2)cc2cc(-c3ccc(F)cc3)oc12. The molecule has 0 N–H and O–H groups in total. The Labute approximate surface area is 181 Å². The van der Waals surface area contributed by atoms with Crippen LogP contribution < -0.4 is 4.74 Å². The van der Waals surface area contributed by atoms with Crippen LogP contribution in [0.15, 0.2) is 83.3 Å². The van der Waals surface area contributed by atoms with Gasteiger partial charge in [-0.1, -0.05) is 36.4 Å². The van der Waals surface area contributed by atoms with E-state index in [0.29, 0.717) is 5.76 Å². The number of hydrogen-bond donors (Lipinski definition) is 0. The summed E-state index contributed by atoms with van der Waals surface area (Å²) < 4.78 is 24.9. The molecule has 31 heavy (non-hydrogen) atoms. The topological polar surface area (TPSA) is 25.6 Å². The smallest absolute Gasteiger partial charge is 0.176 e. The second-order valence-corrected chi connectivity index (χ2v) is 7.91. The van der Waals surface area contributed by atoms with Gasteiger partial charge in [0.2, 0.25) is 0 Å². The third-order valence-corrected chi connectivity index (χ3v) is 5.83. The van der Waals surface area contributed by atoms with Gasteiger partial charge in [-0.05, 0) is 65.6 Å². The lowest BCUT2D eigenvalue weighted by Crippen LogP contribution is -2.28. The number of nitrogens with zero attached hydrogens (tertiary/aromatic N) is 1. The van der Waals surface area contributed by atoms with Crippen LogP contribution in [0.5, 0.6) is 5.75 Å². The van der Waals surface area contributed by atoms with Crippen LogP contribution in [0.3, 0.4) is 0 Å². The number of halogens is 1. The Morgan fingerprint density at radius 2 is 1.77 bits per heavy atom. The third-order valence-electron chi connectivity index (χ3n) is 5.83. The molecule has 2 heterocycles. The molecule has 1 aliphatic heterocycles. The minimum atomic E-state index is -0.259. The Hall–Kier alpha value is -3.37. The molecule has 0 saturated carbocycles. The molecule has 1 aliphatic rings. The summed E-state index contributed by atoms with van der Waals surface area (Å²) in [6.45, 7) is 2.80. The van der Waals surface area contributed by atoms with Crippen LogP contribution in [-0.4, -0.2) is 25.1 Å². The minimum absolute atomic E-state index is 0.259. The molecule has 0 bridgehead atoms. The second-order valence-electron chi connectivity index (χ2n) is 7.91. The van der Waals surface area contributed by atoms with Crippen molar-refractivity contribution in [3.05, 3.63) is 95.8 Å². The van der Waals surface area contributed by atoms with E-state index in [1.165, 1.54) is 28.8 Å². The van der Waals surface area contributed by atoms with E-state index in [1.807, 2.05) is 6.07 Å². The lowest BCUT2D eigenvalue weighted by atomic mass is 9.99. The summed E-state index contributed by atoms with van der Waals surface area (Å²) in [6.07, 6.45) is 3.38. The van der Waals surface area contributed by atoms with Gasteiger partial charge >= 0.3 is 0 Å². The largest absolute Gasteiger partial charge is 0.493 e. The number of benzene rings is 3. The highest BCUT2D eigenvalue weighted by atomic mass is 19.1. The molecule has 0 atom stereocenters. The fourth-order valence-electron chi connectivity index (χ4n) is 4.21. The average Bonchev–Trinajstić information content (AvgIpc) is 3.24. The monoisotopic (exact) mass is 413 g/mol. The number of methoxy groups -OCH3 is 1. The van der Waals surface area contributed by atoms with E-state index in [9.17, 15) is 4.39 Å². The van der Waals surface area contributed by atoms with Gasteiger partial charge in [-0.2, -0.15) is 0 Å². The van der Waals surface area contributed by atoms with E-state index >= 15 is 0 Å². The van der Waals surface area contributed by atoms with Crippen molar-refractivity contribution >= 4 is 16.5 Å². The van der Waals surface area contributed by atoms with Gasteiger partial charge in [0.15, 0.2) is 11.3 Å². The molecular weight excluding hydrogens is 389 g/mol. The van der Waals surface area contributed by atoms with E-state index in [0.717, 1.165) is 48.3 Å². The first-order valence-electron chi connectivity index (χ1n) is 10.5. The van der Waals surface area contributed by atoms with Crippen LogP contribution >= 0.6 is 0 Å². The maximum atomic E-state index is 13.3. The lowest BCUT2D eigenvalue weighted by molar-refractivity contribution is 0.293. The summed E-state index contributed by atoms with van der Waals surface area (Å²) in [5.74, 6) is 1.17. The summed E-state index contributed by atoms with van der Waals surface area (Å²) in [6, 6.07) is 23.1. The molecule has 3 aromatic carbocycles. The van der Waals surface area contributed by atoms with Crippen molar-refractivity contribution in [2.45, 2.75) is 13.0 Å². The Kier molecular flexibility index (Phi) is 5.31. The van der Waals surface area contributed by atoms with Gasteiger partial charge in [0, 0.05) is 30.6 Å². The van der Waals surface area contributed by atoms with Crippen LogP contribution in [-0.2, 0) is 6.54 Å². The maximum Gasteiger partial charge on any atom is 0.176 e. The van der Waals surface area contributed by atoms with Crippen molar-refractivity contribution < 1.29 is 13.5 Å². The van der Waals surface area contributed by atoms with Crippen molar-refractivity contribution in [3.8, 4) is 17.1 Å². The number of rotatable bonds is 5. The van der Waals surface area contributed by atoms with E-state index < -0.39 is 0 Å². The van der Waals surface area contributed by atoms with Crippen molar-refractivity contribution in [2.24, 2.45) is 0 Å². The van der Waals surface area contributed by atoms with E-state index in [4.69, 9.17) is 9.15 Å². The van der Waals surface area contributed by atoms with Crippen molar-refractivity contribution in [1.82, 2.24) is 4.90 Å². The molecule has 156 valence electrons. The summed E-state index contributed by atoms with van der Waals surface area (Å²) in [7, 11) is 1.66. The molecule has 0 unspecified atom stereocenters. The Morgan fingerprint density at radius 1 is 0.968 bits per heavy atom. The first-order valence-corrected chi connectivity index (χ1v) is 10.5. The van der Waals surface area contributed by atoms with Crippen LogP contribution in [0.25, 0.3) is 27.9 Å². The quantitative estimate of drug-likeness (QED) is 0.372. The van der Waals surface area contributed by atoms with Crippen LogP contribution in [0, 0.1) is 5.82 Å². The highest BCUT2D eigenvalue weighted by Gasteiger charge is 2.16. The van der Waals surface area contributed by atoms with Gasteiger partial charge < -0.3 is 9.15 Å². The zero-order valence-corrected chi connectivity index (χ0v) is 17.5. The van der Waals surface area contributed by atoms with Crippen molar-refractivity contribution in [1.29, 1.82) is 0 Å². The van der Waals surface area contributed by atoms with Gasteiger partial charge in [-0.3, -0.25) is 4.90 Å². The molecule has 0 saturated heterocycles. The highest BCUT2D eigenvalue weighted by Crippen LogP contribution is 2.35. The number of hydrogen-bond acceptors (Lipinski definition) is 3. The van der Waals surface area contributed by atoms with E-state index in [2.05, 4.69) is 53.4 Å². The summed E-state index contributed by atoms with van der Waals surface area (Å²) in [5.41, 5.74) is 5.49. The molecule has 5 rings (SSSR count). The number of furan rings is 1. The molecule has 3 nitrogen and oxygen atoms in total. The Bertz CT molecular complexity index is 1230. The molecule has 0 amide bonds. The molecule has 1 aromatic heterocycles. The molecule has 0 fully saturated rings. The fourth-order valence-corrected chi connectivity index (χ4v) is 4.21.